The number of unbranched alkanes of at least 4 members (excludes halogenated alkanes) is 14. The quantitative estimate of drug-likeness (QED) is 0.0396. The standard InChI is InChI=1S/C52H84N8O16/c1-5-6-7-8-9-10-11-12-13-14-15-16-17-18-19-20-41(67)54-36-25-34(63)27-53-50(72)45-46(68)30(2)28-59(45)52(74)43(32(4)62)56-49(71)44(40(66)24-33-21-22-39(65)37(23-33)60(75)76)57-48(70)38-26-35(64)29-58(38)51(73)42(31(3)61)55-47(36)69/h21-23,30-32,34-36,38,40,42-46,61-66,68H,5-20,24-29H2,1-4H3,(H,53,72)(H,54,67)(H,55,69)(H,56,71)(H,57,70)/t30-,31+,32+,34+,35+,36-,38-,40+,42-,43-,44-,45-,46-/m0/s1. The van der Waals surface area contributed by atoms with Gasteiger partial charge in [-0.25, -0.2) is 0 Å². The van der Waals surface area contributed by atoms with Crippen LogP contribution in [0.2, 0.25) is 0 Å². The molecule has 12 N–H and O–H groups in total. The molecule has 24 nitrogen and oxygen atoms in total. The fraction of sp³-hybridized carbons (Fsp3) is 0.750. The summed E-state index contributed by atoms with van der Waals surface area (Å²) in [5.41, 5.74) is -0.760. The van der Waals surface area contributed by atoms with Crippen molar-refractivity contribution in [3.63, 3.8) is 0 Å². The van der Waals surface area contributed by atoms with Crippen LogP contribution in [0.25, 0.3) is 0 Å². The van der Waals surface area contributed by atoms with Crippen molar-refractivity contribution in [2.75, 3.05) is 19.6 Å². The van der Waals surface area contributed by atoms with Crippen molar-refractivity contribution in [2.45, 2.75) is 223 Å². The molecule has 0 saturated carbocycles. The van der Waals surface area contributed by atoms with E-state index in [1.54, 1.807) is 0 Å². The van der Waals surface area contributed by atoms with Gasteiger partial charge in [0.1, 0.15) is 36.3 Å². The maximum Gasteiger partial charge on any atom is 0.310 e. The second-order valence-corrected chi connectivity index (χ2v) is 21.0. The number of amides is 7. The van der Waals surface area contributed by atoms with Crippen LogP contribution in [0.5, 0.6) is 5.75 Å². The largest absolute Gasteiger partial charge is 0.502 e. The minimum atomic E-state index is -2.09. The molecule has 0 spiro atoms. The number of fused-ring (bicyclic) bond motifs is 2. The monoisotopic (exact) mass is 1080 g/mol. The number of benzene rings is 1. The highest BCUT2D eigenvalue weighted by atomic mass is 16.6. The minimum absolute atomic E-state index is 0.00701. The van der Waals surface area contributed by atoms with Crippen LogP contribution >= 0.6 is 0 Å². The molecule has 0 unspecified atom stereocenters. The molecule has 3 saturated heterocycles. The van der Waals surface area contributed by atoms with Crippen LogP contribution in [0.1, 0.15) is 149 Å². The Morgan fingerprint density at radius 2 is 1.24 bits per heavy atom. The van der Waals surface area contributed by atoms with Gasteiger partial charge in [0.25, 0.3) is 0 Å². The fourth-order valence-electron chi connectivity index (χ4n) is 10.1. The number of rotatable bonds is 23. The van der Waals surface area contributed by atoms with Gasteiger partial charge in [0.2, 0.25) is 41.4 Å². The molecule has 3 heterocycles. The van der Waals surface area contributed by atoms with Crippen molar-refractivity contribution >= 4 is 47.0 Å². The number of phenolic OH excluding ortho intramolecular Hbond substituents is 1. The number of aliphatic hydroxyl groups excluding tert-OH is 6. The molecule has 13 atom stereocenters. The Kier molecular flexibility index (Phi) is 25.7. The van der Waals surface area contributed by atoms with Gasteiger partial charge in [-0.1, -0.05) is 110 Å². The number of aliphatic hydroxyl groups is 6. The van der Waals surface area contributed by atoms with E-state index in [1.807, 2.05) is 0 Å². The van der Waals surface area contributed by atoms with Crippen LogP contribution in [0.15, 0.2) is 18.2 Å². The minimum Gasteiger partial charge on any atom is -0.502 e. The van der Waals surface area contributed by atoms with Gasteiger partial charge >= 0.3 is 5.69 Å². The molecule has 1 aromatic rings. The first-order chi connectivity index (χ1) is 36.0. The van der Waals surface area contributed by atoms with E-state index in [9.17, 15) is 79.4 Å². The maximum atomic E-state index is 14.3. The number of nitrogens with one attached hydrogen (secondary N) is 5. The van der Waals surface area contributed by atoms with Gasteiger partial charge in [-0.05, 0) is 31.9 Å². The molecule has 3 aliphatic heterocycles. The SMILES string of the molecule is CCCCCCCCCCCCCCCCCC(=O)N[C@H]1C[C@@H](O)CNC(=O)[C@@H]2[C@@H](O)[C@@H](C)CN2C(=O)[C@H]([C@@H](C)O)NC(=O)[C@H]([C@H](O)Cc2ccc(O)c([N+](=O)[O-])c2)NC(=O)[C@@H]2C[C@@H](O)CN2C(=O)[C@H]([C@@H](C)O)NC1=O. The Morgan fingerprint density at radius 1 is 0.711 bits per heavy atom. The summed E-state index contributed by atoms with van der Waals surface area (Å²) in [6.45, 7) is 4.65. The van der Waals surface area contributed by atoms with Crippen LogP contribution in [0.4, 0.5) is 5.69 Å². The van der Waals surface area contributed by atoms with E-state index in [1.165, 1.54) is 70.8 Å². The molecule has 4 rings (SSSR count). The van der Waals surface area contributed by atoms with Crippen molar-refractivity contribution in [1.29, 1.82) is 0 Å². The Hall–Kier alpha value is -5.53. The highest BCUT2D eigenvalue weighted by Crippen LogP contribution is 2.29. The molecule has 76 heavy (non-hydrogen) atoms. The van der Waals surface area contributed by atoms with Gasteiger partial charge in [-0.3, -0.25) is 43.7 Å². The number of hydrogen-bond acceptors (Lipinski definition) is 16. The summed E-state index contributed by atoms with van der Waals surface area (Å²) < 4.78 is 0. The van der Waals surface area contributed by atoms with Gasteiger partial charge in [0.05, 0.1) is 41.5 Å². The Morgan fingerprint density at radius 3 is 1.79 bits per heavy atom. The number of nitro groups is 1. The Labute approximate surface area is 444 Å². The first kappa shape index (κ1) is 63.0. The second kappa shape index (κ2) is 31.0. The molecular weight excluding hydrogens is 993 g/mol. The lowest BCUT2D eigenvalue weighted by Crippen LogP contribution is -2.64. The summed E-state index contributed by atoms with van der Waals surface area (Å²) in [6, 6.07) is -7.62. The number of phenols is 1. The fourth-order valence-corrected chi connectivity index (χ4v) is 10.1. The van der Waals surface area contributed by atoms with Crippen LogP contribution < -0.4 is 26.6 Å². The first-order valence-corrected chi connectivity index (χ1v) is 27.2. The molecule has 24 heteroatoms. The number of carbonyl (C=O) groups is 7. The number of carbonyl (C=O) groups excluding carboxylic acids is 7. The van der Waals surface area contributed by atoms with Gasteiger partial charge in [-0.2, -0.15) is 0 Å². The average Bonchev–Trinajstić information content (AvgIpc) is 3.91. The predicted octanol–water partition coefficient (Wildman–Crippen LogP) is 0.217. The third-order valence-electron chi connectivity index (χ3n) is 14.6. The Balaban J connectivity index is 1.59. The number of aromatic hydroxyl groups is 1. The first-order valence-electron chi connectivity index (χ1n) is 27.2. The van der Waals surface area contributed by atoms with E-state index in [2.05, 4.69) is 33.5 Å². The highest BCUT2D eigenvalue weighted by molar-refractivity contribution is 5.98. The lowest BCUT2D eigenvalue weighted by Gasteiger charge is -2.33. The van der Waals surface area contributed by atoms with Crippen molar-refractivity contribution in [2.24, 2.45) is 5.92 Å². The lowest BCUT2D eigenvalue weighted by atomic mass is 9.99. The Bertz CT molecular complexity index is 2110. The third kappa shape index (κ3) is 18.6. The van der Waals surface area contributed by atoms with Gasteiger partial charge in [-0.15, -0.1) is 0 Å². The molecule has 7 amide bonds. The molecular formula is C52H84N8O16. The van der Waals surface area contributed by atoms with E-state index in [4.69, 9.17) is 0 Å². The molecule has 0 aromatic heterocycles. The van der Waals surface area contributed by atoms with Crippen molar-refractivity contribution in [3.8, 4) is 5.75 Å². The van der Waals surface area contributed by atoms with Crippen molar-refractivity contribution < 1.29 is 74.2 Å². The summed E-state index contributed by atoms with van der Waals surface area (Å²) >= 11 is 0. The zero-order valence-corrected chi connectivity index (χ0v) is 44.4. The van der Waals surface area contributed by atoms with E-state index >= 15 is 0 Å². The summed E-state index contributed by atoms with van der Waals surface area (Å²) in [6.07, 6.45) is 5.26. The summed E-state index contributed by atoms with van der Waals surface area (Å²) in [5, 5.41) is 101. The van der Waals surface area contributed by atoms with Gasteiger partial charge in [0.15, 0.2) is 5.75 Å². The van der Waals surface area contributed by atoms with Crippen LogP contribution in [-0.4, -0.2) is 184 Å². The van der Waals surface area contributed by atoms with Crippen LogP contribution in [0.3, 0.4) is 0 Å². The molecule has 0 radical (unpaired) electrons. The number of hydrogen-bond donors (Lipinski definition) is 12. The summed E-state index contributed by atoms with van der Waals surface area (Å²) in [4.78, 5) is 111. The van der Waals surface area contributed by atoms with Gasteiger partial charge < -0.3 is 72.1 Å². The van der Waals surface area contributed by atoms with Crippen molar-refractivity contribution in [3.05, 3.63) is 33.9 Å². The predicted molar refractivity (Wildman–Crippen MR) is 276 cm³/mol. The zero-order chi connectivity index (χ0) is 56.2. The van der Waals surface area contributed by atoms with Gasteiger partial charge in [0, 0.05) is 57.3 Å². The lowest BCUT2D eigenvalue weighted by molar-refractivity contribution is -0.385. The summed E-state index contributed by atoms with van der Waals surface area (Å²) in [7, 11) is 0. The summed E-state index contributed by atoms with van der Waals surface area (Å²) in [5.74, 6) is -8.69. The molecule has 0 aliphatic carbocycles. The number of nitrogens with zero attached hydrogens (tertiary/aromatic N) is 3. The normalized spacial score (nSPS) is 27.5. The average molecular weight is 1080 g/mol. The molecule has 1 aromatic carbocycles. The topological polar surface area (TPSA) is 371 Å². The maximum absolute atomic E-state index is 14.3. The van der Waals surface area contributed by atoms with Crippen LogP contribution in [-0.2, 0) is 40.0 Å². The van der Waals surface area contributed by atoms with Crippen molar-refractivity contribution in [1.82, 2.24) is 36.4 Å². The molecule has 3 fully saturated rings. The van der Waals surface area contributed by atoms with E-state index in [-0.39, 0.29) is 18.5 Å². The van der Waals surface area contributed by atoms with E-state index < -0.39 is 169 Å². The zero-order valence-electron chi connectivity index (χ0n) is 44.4. The van der Waals surface area contributed by atoms with Crippen LogP contribution in [0, 0.1) is 16.0 Å². The van der Waals surface area contributed by atoms with E-state index in [0.717, 1.165) is 67.9 Å². The highest BCUT2D eigenvalue weighted by Gasteiger charge is 2.49. The number of nitro benzene ring substituents is 1. The number of β-amino-alcohol motifs (C(OH)–C–C–N with tert-alkyl or cyclic N) is 1. The molecule has 428 valence electrons. The molecule has 0 bridgehead atoms. The third-order valence-corrected chi connectivity index (χ3v) is 14.6. The van der Waals surface area contributed by atoms with E-state index in [0.29, 0.717) is 6.42 Å². The smallest absolute Gasteiger partial charge is 0.310 e. The molecule has 3 aliphatic rings. The second-order valence-electron chi connectivity index (χ2n) is 21.0.